The van der Waals surface area contributed by atoms with E-state index in [4.69, 9.17) is 0 Å². The fourth-order valence-electron chi connectivity index (χ4n) is 3.63. The summed E-state index contributed by atoms with van der Waals surface area (Å²) < 4.78 is 12.9. The molecule has 0 radical (unpaired) electrons. The number of hydrogen-bond acceptors (Lipinski definition) is 2. The summed E-state index contributed by atoms with van der Waals surface area (Å²) in [7, 11) is 0. The van der Waals surface area contributed by atoms with Gasteiger partial charge < -0.3 is 10.2 Å². The standard InChI is InChI=1S/C17H23FN2O/c18-16-5-3-14(4-6-16)17(21)20-10-7-13(8-11-20)15-2-1-9-19-12-15/h3-6,13,15,19H,1-2,7-12H2. The highest BCUT2D eigenvalue weighted by atomic mass is 19.1. The lowest BCUT2D eigenvalue weighted by molar-refractivity contribution is 0.0645. The number of carbonyl (C=O) groups is 1. The van der Waals surface area contributed by atoms with Crippen molar-refractivity contribution in [1.29, 1.82) is 0 Å². The predicted molar refractivity (Wildman–Crippen MR) is 80.6 cm³/mol. The fraction of sp³-hybridized carbons (Fsp3) is 0.588. The molecule has 1 amide bonds. The molecule has 0 aromatic heterocycles. The maximum absolute atomic E-state index is 12.9. The molecule has 1 unspecified atom stereocenters. The number of amides is 1. The Labute approximate surface area is 125 Å². The molecule has 3 rings (SSSR count). The molecule has 1 atom stereocenters. The Kier molecular flexibility index (Phi) is 4.54. The van der Waals surface area contributed by atoms with E-state index in [1.54, 1.807) is 12.1 Å². The van der Waals surface area contributed by atoms with E-state index in [2.05, 4.69) is 5.32 Å². The molecule has 3 nitrogen and oxygen atoms in total. The van der Waals surface area contributed by atoms with Crippen molar-refractivity contribution in [2.45, 2.75) is 25.7 Å². The van der Waals surface area contributed by atoms with Crippen molar-refractivity contribution in [2.24, 2.45) is 11.8 Å². The first-order valence-electron chi connectivity index (χ1n) is 7.99. The van der Waals surface area contributed by atoms with Gasteiger partial charge in [-0.05, 0) is 74.9 Å². The summed E-state index contributed by atoms with van der Waals surface area (Å²) in [4.78, 5) is 14.3. The number of nitrogens with one attached hydrogen (secondary N) is 1. The first-order chi connectivity index (χ1) is 10.2. The Hall–Kier alpha value is -1.42. The van der Waals surface area contributed by atoms with Gasteiger partial charge in [0.2, 0.25) is 0 Å². The Morgan fingerprint density at radius 2 is 1.81 bits per heavy atom. The van der Waals surface area contributed by atoms with Crippen LogP contribution in [-0.4, -0.2) is 37.0 Å². The third kappa shape index (κ3) is 3.43. The highest BCUT2D eigenvalue weighted by Crippen LogP contribution is 2.29. The van der Waals surface area contributed by atoms with Gasteiger partial charge in [0.05, 0.1) is 0 Å². The van der Waals surface area contributed by atoms with Gasteiger partial charge in [0, 0.05) is 18.7 Å². The number of likely N-dealkylation sites (tertiary alicyclic amines) is 1. The van der Waals surface area contributed by atoms with Gasteiger partial charge in [0.25, 0.3) is 5.91 Å². The van der Waals surface area contributed by atoms with Gasteiger partial charge in [-0.1, -0.05) is 0 Å². The molecule has 0 saturated carbocycles. The van der Waals surface area contributed by atoms with Crippen molar-refractivity contribution < 1.29 is 9.18 Å². The summed E-state index contributed by atoms with van der Waals surface area (Å²) in [5.74, 6) is 1.27. The highest BCUT2D eigenvalue weighted by Gasteiger charge is 2.29. The van der Waals surface area contributed by atoms with Crippen LogP contribution in [0.2, 0.25) is 0 Å². The van der Waals surface area contributed by atoms with Crippen LogP contribution in [0.4, 0.5) is 4.39 Å². The van der Waals surface area contributed by atoms with Crippen molar-refractivity contribution in [3.05, 3.63) is 35.6 Å². The summed E-state index contributed by atoms with van der Waals surface area (Å²) in [5.41, 5.74) is 0.592. The second kappa shape index (κ2) is 6.56. The number of rotatable bonds is 2. The lowest BCUT2D eigenvalue weighted by atomic mass is 9.80. The van der Waals surface area contributed by atoms with Gasteiger partial charge in [-0.3, -0.25) is 4.79 Å². The third-order valence-corrected chi connectivity index (χ3v) is 4.92. The summed E-state index contributed by atoms with van der Waals surface area (Å²) in [5, 5.41) is 3.48. The van der Waals surface area contributed by atoms with Crippen LogP contribution in [0.25, 0.3) is 0 Å². The molecule has 2 fully saturated rings. The molecular weight excluding hydrogens is 267 g/mol. The highest BCUT2D eigenvalue weighted by molar-refractivity contribution is 5.94. The van der Waals surface area contributed by atoms with E-state index in [0.717, 1.165) is 50.9 Å². The number of nitrogens with zero attached hydrogens (tertiary/aromatic N) is 1. The summed E-state index contributed by atoms with van der Waals surface area (Å²) in [6.45, 7) is 3.95. The van der Waals surface area contributed by atoms with Gasteiger partial charge in [-0.25, -0.2) is 4.39 Å². The summed E-state index contributed by atoms with van der Waals surface area (Å²) in [6.07, 6.45) is 4.79. The quantitative estimate of drug-likeness (QED) is 0.908. The topological polar surface area (TPSA) is 32.3 Å². The molecular formula is C17H23FN2O. The van der Waals surface area contributed by atoms with Crippen LogP contribution in [0.3, 0.4) is 0 Å². The Bertz CT molecular complexity index is 474. The van der Waals surface area contributed by atoms with Crippen LogP contribution >= 0.6 is 0 Å². The number of halogens is 1. The summed E-state index contributed by atoms with van der Waals surface area (Å²) in [6, 6.07) is 5.87. The van der Waals surface area contributed by atoms with Crippen molar-refractivity contribution >= 4 is 5.91 Å². The second-order valence-corrected chi connectivity index (χ2v) is 6.24. The van der Waals surface area contributed by atoms with Gasteiger partial charge in [-0.15, -0.1) is 0 Å². The Morgan fingerprint density at radius 1 is 1.10 bits per heavy atom. The van der Waals surface area contributed by atoms with Crippen LogP contribution in [0.15, 0.2) is 24.3 Å². The smallest absolute Gasteiger partial charge is 0.253 e. The van der Waals surface area contributed by atoms with Gasteiger partial charge in [0.1, 0.15) is 5.82 Å². The molecule has 21 heavy (non-hydrogen) atoms. The van der Waals surface area contributed by atoms with E-state index < -0.39 is 0 Å². The van der Waals surface area contributed by atoms with Crippen molar-refractivity contribution in [3.63, 3.8) is 0 Å². The SMILES string of the molecule is O=C(c1ccc(F)cc1)N1CCC(C2CCCNC2)CC1. The van der Waals surface area contributed by atoms with E-state index >= 15 is 0 Å². The molecule has 2 aliphatic heterocycles. The molecule has 2 heterocycles. The zero-order chi connectivity index (χ0) is 14.7. The largest absolute Gasteiger partial charge is 0.339 e. The van der Waals surface area contributed by atoms with Crippen LogP contribution in [0, 0.1) is 17.7 Å². The zero-order valence-corrected chi connectivity index (χ0v) is 12.4. The molecule has 2 saturated heterocycles. The van der Waals surface area contributed by atoms with E-state index in [1.165, 1.54) is 25.0 Å². The first-order valence-corrected chi connectivity index (χ1v) is 7.99. The molecule has 1 aromatic rings. The van der Waals surface area contributed by atoms with Crippen molar-refractivity contribution in [3.8, 4) is 0 Å². The van der Waals surface area contributed by atoms with Crippen molar-refractivity contribution in [1.82, 2.24) is 10.2 Å². The minimum Gasteiger partial charge on any atom is -0.339 e. The van der Waals surface area contributed by atoms with Crippen molar-refractivity contribution in [2.75, 3.05) is 26.2 Å². The van der Waals surface area contributed by atoms with Gasteiger partial charge in [-0.2, -0.15) is 0 Å². The average Bonchev–Trinajstić information content (AvgIpc) is 2.56. The zero-order valence-electron chi connectivity index (χ0n) is 12.4. The number of piperidine rings is 2. The van der Waals surface area contributed by atoms with E-state index in [1.807, 2.05) is 4.90 Å². The van der Waals surface area contributed by atoms with Gasteiger partial charge >= 0.3 is 0 Å². The molecule has 0 bridgehead atoms. The Morgan fingerprint density at radius 3 is 2.43 bits per heavy atom. The minimum atomic E-state index is -0.296. The molecule has 114 valence electrons. The first kappa shape index (κ1) is 14.5. The van der Waals surface area contributed by atoms with Crippen LogP contribution in [-0.2, 0) is 0 Å². The van der Waals surface area contributed by atoms with Gasteiger partial charge in [0.15, 0.2) is 0 Å². The van der Waals surface area contributed by atoms with E-state index in [9.17, 15) is 9.18 Å². The van der Waals surface area contributed by atoms with Crippen LogP contribution < -0.4 is 5.32 Å². The predicted octanol–water partition coefficient (Wildman–Crippen LogP) is 2.68. The molecule has 1 aromatic carbocycles. The molecule has 4 heteroatoms. The summed E-state index contributed by atoms with van der Waals surface area (Å²) >= 11 is 0. The third-order valence-electron chi connectivity index (χ3n) is 4.92. The number of hydrogen-bond donors (Lipinski definition) is 1. The van der Waals surface area contributed by atoms with E-state index in [0.29, 0.717) is 5.56 Å². The number of benzene rings is 1. The second-order valence-electron chi connectivity index (χ2n) is 6.24. The minimum absolute atomic E-state index is 0.0372. The Balaban J connectivity index is 1.55. The maximum atomic E-state index is 12.9. The average molecular weight is 290 g/mol. The molecule has 2 aliphatic rings. The van der Waals surface area contributed by atoms with Crippen LogP contribution in [0.1, 0.15) is 36.0 Å². The van der Waals surface area contributed by atoms with Crippen LogP contribution in [0.5, 0.6) is 0 Å². The molecule has 0 aliphatic carbocycles. The van der Waals surface area contributed by atoms with E-state index in [-0.39, 0.29) is 11.7 Å². The normalized spacial score (nSPS) is 24.0. The number of carbonyl (C=O) groups excluding carboxylic acids is 1. The fourth-order valence-corrected chi connectivity index (χ4v) is 3.63. The molecule has 1 N–H and O–H groups in total. The monoisotopic (exact) mass is 290 g/mol. The lowest BCUT2D eigenvalue weighted by Gasteiger charge is -2.37. The molecule has 0 spiro atoms. The lowest BCUT2D eigenvalue weighted by Crippen LogP contribution is -2.43. The maximum Gasteiger partial charge on any atom is 0.253 e.